The number of carbonyl (C=O) groups excluding carboxylic acids is 4. The molecule has 0 unspecified atom stereocenters. The Balaban J connectivity index is 0.000000138. The molecule has 8 aliphatic heterocycles. The van der Waals surface area contributed by atoms with E-state index in [-0.39, 0.29) is 148 Å². The molecule has 592 valence electrons. The van der Waals surface area contributed by atoms with Crippen molar-refractivity contribution in [2.24, 2.45) is 35.5 Å². The molecule has 1 saturated carbocycles. The summed E-state index contributed by atoms with van der Waals surface area (Å²) >= 11 is 0. The molecule has 9 aliphatic rings. The summed E-state index contributed by atoms with van der Waals surface area (Å²) in [6.07, 6.45) is -8.34. The summed E-state index contributed by atoms with van der Waals surface area (Å²) in [6, 6.07) is 9.43. The zero-order valence-corrected chi connectivity index (χ0v) is 61.1. The fourth-order valence-electron chi connectivity index (χ4n) is 16.5. The van der Waals surface area contributed by atoms with Gasteiger partial charge in [0.15, 0.2) is 17.5 Å². The van der Waals surface area contributed by atoms with Gasteiger partial charge in [0.2, 0.25) is 41.1 Å². The first-order valence-corrected chi connectivity index (χ1v) is 36.8. The fourth-order valence-corrected chi connectivity index (χ4v) is 16.5. The molecule has 0 N–H and O–H groups in total. The smallest absolute Gasteiger partial charge is 0.451 e. The van der Waals surface area contributed by atoms with Crippen LogP contribution >= 0.6 is 0 Å². The van der Waals surface area contributed by atoms with Crippen LogP contribution in [0.2, 0.25) is 0 Å². The number of halogens is 12. The van der Waals surface area contributed by atoms with Gasteiger partial charge < -0.3 is 57.5 Å². The van der Waals surface area contributed by atoms with Gasteiger partial charge in [-0.05, 0) is 99.5 Å². The lowest BCUT2D eigenvalue weighted by Crippen LogP contribution is -2.49. The van der Waals surface area contributed by atoms with Crippen LogP contribution < -0.4 is 19.4 Å². The van der Waals surface area contributed by atoms with Gasteiger partial charge in [0.25, 0.3) is 0 Å². The van der Waals surface area contributed by atoms with E-state index in [2.05, 4.69) is 65.2 Å². The van der Waals surface area contributed by atoms with Gasteiger partial charge >= 0.3 is 30.8 Å². The van der Waals surface area contributed by atoms with Gasteiger partial charge in [0, 0.05) is 158 Å². The number of methoxy groups -OCH3 is 1. The molecule has 15 heterocycles. The topological polar surface area (TPSA) is 256 Å². The van der Waals surface area contributed by atoms with Crippen molar-refractivity contribution in [3.8, 4) is 5.88 Å². The Bertz CT molecular complexity index is 4580. The fraction of sp³-hybridized carbons (Fsp3) is 0.606. The molecule has 0 spiro atoms. The van der Waals surface area contributed by atoms with E-state index < -0.39 is 48.7 Å². The predicted molar refractivity (Wildman–Crippen MR) is 368 cm³/mol. The van der Waals surface area contributed by atoms with Crippen LogP contribution in [-0.4, -0.2) is 210 Å². The minimum atomic E-state index is -4.60. The number of carbonyl (C=O) groups is 4. The van der Waals surface area contributed by atoms with Crippen LogP contribution in [0.25, 0.3) is 11.0 Å². The molecule has 4 fully saturated rings. The van der Waals surface area contributed by atoms with Gasteiger partial charge in [-0.25, -0.2) is 9.78 Å². The summed E-state index contributed by atoms with van der Waals surface area (Å²) in [5.41, 5.74) is 7.77. The third kappa shape index (κ3) is 16.2. The Labute approximate surface area is 623 Å². The first-order chi connectivity index (χ1) is 52.2. The number of anilines is 3. The van der Waals surface area contributed by atoms with Crippen molar-refractivity contribution >= 4 is 51.9 Å². The van der Waals surface area contributed by atoms with Crippen LogP contribution in [0.3, 0.4) is 0 Å². The maximum absolute atomic E-state index is 13.4. The Morgan fingerprint density at radius 2 is 0.882 bits per heavy atom. The zero-order valence-electron chi connectivity index (χ0n) is 61.1. The van der Waals surface area contributed by atoms with Gasteiger partial charge in [-0.2, -0.15) is 52.7 Å². The molecular formula is C71H83F12N21O6. The Kier molecular flexibility index (Phi) is 21.1. The largest absolute Gasteiger partial charge is 0.481 e. The number of nitrogens with zero attached hydrogens (tertiary/aromatic N) is 21. The van der Waals surface area contributed by atoms with Gasteiger partial charge in [-0.15, -0.1) is 30.6 Å². The number of hydrogen-bond donors (Lipinski definition) is 0. The third-order valence-electron chi connectivity index (χ3n) is 22.6. The van der Waals surface area contributed by atoms with E-state index in [1.54, 1.807) is 51.4 Å². The van der Waals surface area contributed by atoms with E-state index in [0.29, 0.717) is 103 Å². The number of piperidine rings is 3. The van der Waals surface area contributed by atoms with Crippen molar-refractivity contribution in [2.75, 3.05) is 100 Å². The standard InChI is InChI=1S/C26H32F3N7O3.C23H27F6N7O.C22H24F3N7O2/c1-16-13-33(20-3-8-30-19-14-35(10-5-18(19)20)24(38)39-25(2)6-7-25)9-4-17(16)22(37)34-11-12-36-21(15-34)31-32-23(36)26(27,28)29;1-14-10-34(18-2-5-30-17-11-33(6-3-16(17)18)13-22(24,25)26)7-4-15(14)20(37)35-8-9-36-19(12-35)31-32-21(36)23(27,28)29;1-13-11-30(16-5-7-26-15-3-4-18(34-2)27-19(15)16)8-6-14(13)20(33)31-9-10-32-17(12-31)28-29-21(32)22(23,24)25/h3,8,16-17H,4-7,9-15H2,1-2H3;2,5,14-15H,3-4,6-13H2,1H3;3-5,7,13-14H,6,8-12H2,1-2H3/t16-,17+;14-,15+;13-,14+/m111/s1. The predicted octanol–water partition coefficient (Wildman–Crippen LogP) is 9.11. The summed E-state index contributed by atoms with van der Waals surface area (Å²) < 4.78 is 171. The molecule has 3 saturated heterocycles. The zero-order chi connectivity index (χ0) is 78.1. The number of amides is 4. The maximum atomic E-state index is 13.4. The number of pyridine rings is 4. The first kappa shape index (κ1) is 77.0. The monoisotopic (exact) mass is 1550 g/mol. The van der Waals surface area contributed by atoms with Crippen molar-refractivity contribution in [3.63, 3.8) is 0 Å². The number of rotatable bonds is 9. The van der Waals surface area contributed by atoms with Crippen LogP contribution in [-0.2, 0) is 103 Å². The van der Waals surface area contributed by atoms with E-state index in [1.807, 2.05) is 52.0 Å². The molecule has 0 aromatic carbocycles. The Hall–Kier alpha value is -9.72. The van der Waals surface area contributed by atoms with E-state index in [4.69, 9.17) is 9.47 Å². The molecule has 4 amide bonds. The van der Waals surface area contributed by atoms with Gasteiger partial charge in [0.05, 0.1) is 62.4 Å². The normalized spacial score (nSPS) is 22.8. The van der Waals surface area contributed by atoms with E-state index in [1.165, 1.54) is 4.90 Å². The number of aromatic nitrogens is 13. The van der Waals surface area contributed by atoms with Crippen molar-refractivity contribution in [1.82, 2.24) is 88.7 Å². The Morgan fingerprint density at radius 1 is 0.473 bits per heavy atom. The highest BCUT2D eigenvalue weighted by atomic mass is 19.4. The van der Waals surface area contributed by atoms with E-state index >= 15 is 0 Å². The number of alkyl halides is 12. The van der Waals surface area contributed by atoms with Crippen molar-refractivity contribution < 1.29 is 81.3 Å². The molecule has 0 radical (unpaired) electrons. The Morgan fingerprint density at radius 3 is 1.29 bits per heavy atom. The number of hydrogen-bond acceptors (Lipinski definition) is 20. The summed E-state index contributed by atoms with van der Waals surface area (Å²) in [7, 11) is 1.57. The molecule has 7 aromatic heterocycles. The molecule has 39 heteroatoms. The highest BCUT2D eigenvalue weighted by Crippen LogP contribution is 2.43. The highest BCUT2D eigenvalue weighted by molar-refractivity contribution is 5.89. The summed E-state index contributed by atoms with van der Waals surface area (Å²) in [5, 5.41) is 20.9. The number of fused-ring (bicyclic) bond motifs is 6. The SMILES string of the molecule is COc1ccc2nccc(N3CC[C@H](C(=O)N4CCn5c(nnc5C(F)(F)F)C4)[C@H](C)C3)c2n1.C[C@@H]1CN(c2ccnc3c2CCN(C(=O)OC2(C)CC2)C3)CC[C@@H]1C(=O)N1CCn2c(nnc2C(F)(F)F)C1.C[C@@H]1CN(c2ccnc3c2CCN(CC(F)(F)F)C3)CC[C@@H]1C(=O)N1CCn2c(nnc2C(F)(F)F)C1. The second-order valence-corrected chi connectivity index (χ2v) is 30.1. The van der Waals surface area contributed by atoms with Gasteiger partial charge in [-0.3, -0.25) is 34.2 Å². The molecule has 7 aromatic rings. The lowest BCUT2D eigenvalue weighted by molar-refractivity contribution is -0.149. The van der Waals surface area contributed by atoms with E-state index in [0.717, 1.165) is 71.5 Å². The summed E-state index contributed by atoms with van der Waals surface area (Å²) in [6.45, 7) is 13.0. The minimum absolute atomic E-state index is 0.00927. The molecule has 27 nitrogen and oxygen atoms in total. The van der Waals surface area contributed by atoms with E-state index in [9.17, 15) is 71.9 Å². The molecule has 0 bridgehead atoms. The molecule has 16 rings (SSSR count). The van der Waals surface area contributed by atoms with Crippen LogP contribution in [0.1, 0.15) is 117 Å². The average Bonchev–Trinajstić information content (AvgIpc) is 1.25. The van der Waals surface area contributed by atoms with Gasteiger partial charge in [0.1, 0.15) is 11.1 Å². The molecule has 1 aliphatic carbocycles. The number of ether oxygens (including phenoxy) is 2. The minimum Gasteiger partial charge on any atom is -0.481 e. The summed E-state index contributed by atoms with van der Waals surface area (Å²) in [5.74, 6) is -2.94. The van der Waals surface area contributed by atoms with Crippen molar-refractivity contribution in [3.05, 3.63) is 106 Å². The van der Waals surface area contributed by atoms with Crippen LogP contribution in [0.15, 0.2) is 48.9 Å². The van der Waals surface area contributed by atoms with Crippen LogP contribution in [0, 0.1) is 35.5 Å². The lowest BCUT2D eigenvalue weighted by Gasteiger charge is -2.41. The maximum Gasteiger partial charge on any atom is 0.451 e. The second-order valence-electron chi connectivity index (χ2n) is 30.1. The molecular weight excluding hydrogens is 1470 g/mol. The molecule has 6 atom stereocenters. The van der Waals surface area contributed by atoms with Crippen LogP contribution in [0.5, 0.6) is 5.88 Å². The quantitative estimate of drug-likeness (QED) is 0.122. The third-order valence-corrected chi connectivity index (χ3v) is 22.6. The summed E-state index contributed by atoms with van der Waals surface area (Å²) in [4.78, 5) is 85.0. The van der Waals surface area contributed by atoms with Crippen molar-refractivity contribution in [2.45, 2.75) is 155 Å². The first-order valence-electron chi connectivity index (χ1n) is 36.8. The average molecular weight is 1550 g/mol. The van der Waals surface area contributed by atoms with Gasteiger partial charge in [-0.1, -0.05) is 20.8 Å². The van der Waals surface area contributed by atoms with Crippen molar-refractivity contribution in [1.29, 1.82) is 0 Å². The van der Waals surface area contributed by atoms with Crippen LogP contribution in [0.4, 0.5) is 74.5 Å². The molecule has 110 heavy (non-hydrogen) atoms. The lowest BCUT2D eigenvalue weighted by atomic mass is 9.85. The second kappa shape index (κ2) is 30.2. The highest BCUT2D eigenvalue weighted by Gasteiger charge is 2.48.